The van der Waals surface area contributed by atoms with E-state index in [0.29, 0.717) is 12.8 Å². The molecule has 14 heteroatoms. The van der Waals surface area contributed by atoms with Gasteiger partial charge in [0.05, 0.1) is 6.61 Å². The zero-order valence-corrected chi connectivity index (χ0v) is 32.0. The lowest BCUT2D eigenvalue weighted by Gasteiger charge is -2.41. The number of carbonyl (C=O) groups is 2. The number of rotatable bonds is 31. The van der Waals surface area contributed by atoms with Gasteiger partial charge in [-0.1, -0.05) is 122 Å². The van der Waals surface area contributed by atoms with Gasteiger partial charge in [-0.25, -0.2) is 4.57 Å². The smallest absolute Gasteiger partial charge is 0.462 e. The molecule has 1 aliphatic carbocycles. The van der Waals surface area contributed by atoms with Gasteiger partial charge in [0.25, 0.3) is 0 Å². The summed E-state index contributed by atoms with van der Waals surface area (Å²) < 4.78 is 33.3. The molecule has 0 aliphatic heterocycles. The van der Waals surface area contributed by atoms with Crippen LogP contribution in [0.5, 0.6) is 0 Å². The second kappa shape index (κ2) is 29.0. The van der Waals surface area contributed by atoms with Crippen molar-refractivity contribution >= 4 is 19.8 Å². The maximum atomic E-state index is 12.7. The third-order valence-corrected chi connectivity index (χ3v) is 10.1. The van der Waals surface area contributed by atoms with Crippen LogP contribution in [-0.4, -0.2) is 98.3 Å². The largest absolute Gasteiger partial charge is 0.472 e. The molecular formula is C37H69O13P. The summed E-state index contributed by atoms with van der Waals surface area (Å²) in [6, 6.07) is 0. The van der Waals surface area contributed by atoms with Crippen molar-refractivity contribution in [1.82, 2.24) is 0 Å². The van der Waals surface area contributed by atoms with Crippen LogP contribution in [0.25, 0.3) is 0 Å². The number of aliphatic hydroxyl groups is 5. The van der Waals surface area contributed by atoms with Crippen molar-refractivity contribution in [2.75, 3.05) is 13.2 Å². The highest BCUT2D eigenvalue weighted by molar-refractivity contribution is 7.47. The average Bonchev–Trinajstić information content (AvgIpc) is 3.10. The molecule has 1 rings (SSSR count). The first-order valence-electron chi connectivity index (χ1n) is 19.5. The quantitative estimate of drug-likeness (QED) is 0.0210. The Labute approximate surface area is 305 Å². The highest BCUT2D eigenvalue weighted by Crippen LogP contribution is 2.47. The number of carbonyl (C=O) groups excluding carboxylic acids is 2. The molecule has 6 unspecified atom stereocenters. The van der Waals surface area contributed by atoms with E-state index in [4.69, 9.17) is 18.5 Å². The molecule has 0 aromatic rings. The molecule has 0 radical (unpaired) electrons. The molecular weight excluding hydrogens is 683 g/mol. The molecule has 1 saturated carbocycles. The van der Waals surface area contributed by atoms with Crippen LogP contribution in [0.4, 0.5) is 0 Å². The van der Waals surface area contributed by atoms with Gasteiger partial charge in [-0.3, -0.25) is 18.6 Å². The van der Waals surface area contributed by atoms with Gasteiger partial charge in [-0.2, -0.15) is 0 Å². The number of esters is 2. The maximum absolute atomic E-state index is 12.7. The van der Waals surface area contributed by atoms with E-state index in [1.807, 2.05) is 0 Å². The fourth-order valence-electron chi connectivity index (χ4n) is 5.86. The van der Waals surface area contributed by atoms with Gasteiger partial charge >= 0.3 is 19.8 Å². The van der Waals surface area contributed by atoms with Crippen LogP contribution in [0.1, 0.15) is 155 Å². The monoisotopic (exact) mass is 752 g/mol. The van der Waals surface area contributed by atoms with Crippen molar-refractivity contribution in [3.8, 4) is 0 Å². The molecule has 0 saturated heterocycles. The van der Waals surface area contributed by atoms with E-state index < -0.39 is 75.7 Å². The first-order chi connectivity index (χ1) is 24.4. The van der Waals surface area contributed by atoms with Crippen LogP contribution in [-0.2, 0) is 32.7 Å². The molecule has 51 heavy (non-hydrogen) atoms. The van der Waals surface area contributed by atoms with E-state index >= 15 is 0 Å². The van der Waals surface area contributed by atoms with Crippen molar-refractivity contribution in [2.24, 2.45) is 0 Å². The molecule has 0 aromatic heterocycles. The highest BCUT2D eigenvalue weighted by atomic mass is 31.2. The van der Waals surface area contributed by atoms with Crippen molar-refractivity contribution in [2.45, 2.75) is 198 Å². The zero-order valence-electron chi connectivity index (χ0n) is 31.2. The minimum absolute atomic E-state index is 0.0892. The molecule has 13 nitrogen and oxygen atoms in total. The predicted octanol–water partition coefficient (Wildman–Crippen LogP) is 5.94. The summed E-state index contributed by atoms with van der Waals surface area (Å²) in [5, 5.41) is 49.9. The summed E-state index contributed by atoms with van der Waals surface area (Å²) in [4.78, 5) is 35.4. The predicted molar refractivity (Wildman–Crippen MR) is 194 cm³/mol. The van der Waals surface area contributed by atoms with Gasteiger partial charge < -0.3 is 39.9 Å². The van der Waals surface area contributed by atoms with E-state index in [0.717, 1.165) is 57.8 Å². The number of phosphoric acid groups is 1. The molecule has 8 atom stereocenters. The van der Waals surface area contributed by atoms with Crippen molar-refractivity contribution in [3.63, 3.8) is 0 Å². The Morgan fingerprint density at radius 2 is 1.02 bits per heavy atom. The third kappa shape index (κ3) is 22.4. The second-order valence-corrected chi connectivity index (χ2v) is 15.2. The van der Waals surface area contributed by atoms with Gasteiger partial charge in [0.15, 0.2) is 6.10 Å². The number of aliphatic hydroxyl groups excluding tert-OH is 5. The van der Waals surface area contributed by atoms with Gasteiger partial charge in [0.1, 0.15) is 43.2 Å². The lowest BCUT2D eigenvalue weighted by atomic mass is 9.85. The van der Waals surface area contributed by atoms with Crippen molar-refractivity contribution in [1.29, 1.82) is 0 Å². The minimum atomic E-state index is -5.10. The van der Waals surface area contributed by atoms with Crippen LogP contribution < -0.4 is 0 Å². The minimum Gasteiger partial charge on any atom is -0.462 e. The number of hydrogen-bond acceptors (Lipinski definition) is 12. The van der Waals surface area contributed by atoms with Crippen LogP contribution in [0.15, 0.2) is 12.2 Å². The lowest BCUT2D eigenvalue weighted by molar-refractivity contribution is -0.220. The Balaban J connectivity index is 2.55. The summed E-state index contributed by atoms with van der Waals surface area (Å²) in [6.45, 7) is 3.20. The Morgan fingerprint density at radius 1 is 0.588 bits per heavy atom. The summed E-state index contributed by atoms with van der Waals surface area (Å²) in [5.74, 6) is -1.11. The Bertz CT molecular complexity index is 964. The van der Waals surface area contributed by atoms with Gasteiger partial charge in [0, 0.05) is 12.8 Å². The SMILES string of the molecule is CCCC/C=C/CCCCCCCC(=O)O[C@H](COC(=O)CCCCCCCCCCCCC)COP(=O)(O)OC1C(O)C(O)C(O)[C@@H](O)C1O. The summed E-state index contributed by atoms with van der Waals surface area (Å²) >= 11 is 0. The second-order valence-electron chi connectivity index (χ2n) is 13.8. The van der Waals surface area contributed by atoms with E-state index in [-0.39, 0.29) is 12.8 Å². The Hall–Kier alpha value is -1.41. The first kappa shape index (κ1) is 47.6. The van der Waals surface area contributed by atoms with Crippen LogP contribution >= 0.6 is 7.82 Å². The summed E-state index contributed by atoms with van der Waals surface area (Å²) in [5.41, 5.74) is 0. The Kier molecular flexibility index (Phi) is 27.1. The van der Waals surface area contributed by atoms with Crippen molar-refractivity contribution < 1.29 is 63.1 Å². The summed E-state index contributed by atoms with van der Waals surface area (Å²) in [6.07, 6.45) is 13.0. The van der Waals surface area contributed by atoms with Crippen LogP contribution in [0.2, 0.25) is 0 Å². The highest BCUT2D eigenvalue weighted by Gasteiger charge is 2.51. The van der Waals surface area contributed by atoms with Gasteiger partial charge in [0.2, 0.25) is 0 Å². The fourth-order valence-corrected chi connectivity index (χ4v) is 6.83. The molecule has 0 aromatic carbocycles. The molecule has 0 spiro atoms. The molecule has 1 aliphatic rings. The van der Waals surface area contributed by atoms with E-state index in [9.17, 15) is 44.6 Å². The fraction of sp³-hybridized carbons (Fsp3) is 0.892. The number of unbranched alkanes of at least 4 members (excludes halogenated alkanes) is 17. The maximum Gasteiger partial charge on any atom is 0.472 e. The first-order valence-corrected chi connectivity index (χ1v) is 21.0. The third-order valence-electron chi connectivity index (χ3n) is 9.11. The molecule has 1 fully saturated rings. The van der Waals surface area contributed by atoms with Crippen LogP contribution in [0.3, 0.4) is 0 Å². The number of allylic oxidation sites excluding steroid dienone is 2. The van der Waals surface area contributed by atoms with Gasteiger partial charge in [-0.15, -0.1) is 0 Å². The number of ether oxygens (including phenoxy) is 2. The molecule has 6 N–H and O–H groups in total. The molecule has 0 bridgehead atoms. The number of phosphoric ester groups is 1. The normalized spacial score (nSPS) is 24.0. The summed E-state index contributed by atoms with van der Waals surface area (Å²) in [7, 11) is -5.10. The van der Waals surface area contributed by atoms with E-state index in [1.54, 1.807) is 0 Å². The molecule has 300 valence electrons. The van der Waals surface area contributed by atoms with Gasteiger partial charge in [-0.05, 0) is 32.1 Å². The Morgan fingerprint density at radius 3 is 1.55 bits per heavy atom. The van der Waals surface area contributed by atoms with Crippen molar-refractivity contribution in [3.05, 3.63) is 12.2 Å². The van der Waals surface area contributed by atoms with Crippen LogP contribution in [0, 0.1) is 0 Å². The zero-order chi connectivity index (χ0) is 37.9. The lowest BCUT2D eigenvalue weighted by Crippen LogP contribution is -2.64. The van der Waals surface area contributed by atoms with E-state index in [2.05, 4.69) is 26.0 Å². The average molecular weight is 753 g/mol. The standard InChI is InChI=1S/C37H69O13P/c1-3-5-7-9-11-13-15-17-19-21-23-25-30(38)47-27-29(49-31(39)26-24-22-20-18-16-14-12-10-8-6-4-2)28-48-51(45,46)50-37-35(43)33(41)32(40)34(42)36(37)44/h10,12,29,32-37,40-44H,3-9,11,13-28H2,1-2H3,(H,45,46)/b12-10+/t29-,32?,33-,34?,35?,36?,37?/m1/s1. The molecule has 0 heterocycles. The number of hydrogen-bond donors (Lipinski definition) is 6. The topological polar surface area (TPSA) is 210 Å². The molecule has 0 amide bonds. The van der Waals surface area contributed by atoms with E-state index in [1.165, 1.54) is 57.8 Å².